The highest BCUT2D eigenvalue weighted by Crippen LogP contribution is 2.21. The molecule has 1 amide bonds. The number of rotatable bonds is 3. The van der Waals surface area contributed by atoms with Crippen molar-refractivity contribution >= 4 is 35.8 Å². The number of carbonyl (C=O) groups is 1. The lowest BCUT2D eigenvalue weighted by Gasteiger charge is -2.09. The van der Waals surface area contributed by atoms with E-state index in [2.05, 4.69) is 5.32 Å². The third-order valence-corrected chi connectivity index (χ3v) is 3.00. The molecule has 2 rings (SSSR count). The zero-order chi connectivity index (χ0) is 14.7. The van der Waals surface area contributed by atoms with Crippen LogP contribution in [0.15, 0.2) is 42.5 Å². The third kappa shape index (κ3) is 2.99. The second-order valence-electron chi connectivity index (χ2n) is 4.02. The van der Waals surface area contributed by atoms with Gasteiger partial charge in [-0.2, -0.15) is 0 Å². The van der Waals surface area contributed by atoms with E-state index in [1.54, 1.807) is 24.3 Å². The fourth-order valence-electron chi connectivity index (χ4n) is 1.68. The van der Waals surface area contributed by atoms with Gasteiger partial charge in [-0.1, -0.05) is 35.9 Å². The molecule has 0 aliphatic rings. The number of anilines is 1. The van der Waals surface area contributed by atoms with E-state index >= 15 is 0 Å². The fraction of sp³-hybridized carbons (Fsp3) is 0. The molecule has 0 heterocycles. The van der Waals surface area contributed by atoms with E-state index in [1.165, 1.54) is 18.2 Å². The van der Waals surface area contributed by atoms with Crippen LogP contribution < -0.4 is 10.8 Å². The minimum absolute atomic E-state index is 0.296. The van der Waals surface area contributed by atoms with Crippen molar-refractivity contribution in [3.8, 4) is 0 Å². The summed E-state index contributed by atoms with van der Waals surface area (Å²) in [5.74, 6) is -1.70. The van der Waals surface area contributed by atoms with Gasteiger partial charge in [0.05, 0.1) is 16.3 Å². The number of benzene rings is 2. The number of hydrogen-bond donors (Lipinski definition) is 3. The predicted octanol–water partition coefficient (Wildman–Crippen LogP) is 1.41. The van der Waals surface area contributed by atoms with Crippen LogP contribution in [0.4, 0.5) is 10.1 Å². The van der Waals surface area contributed by atoms with Crippen LogP contribution >= 0.6 is 11.6 Å². The average molecular weight is 293 g/mol. The minimum Gasteiger partial charge on any atom is -0.423 e. The summed E-state index contributed by atoms with van der Waals surface area (Å²) in [5, 5.41) is 20.8. The Bertz CT molecular complexity index is 651. The zero-order valence-corrected chi connectivity index (χ0v) is 10.9. The Balaban J connectivity index is 2.31. The van der Waals surface area contributed by atoms with Gasteiger partial charge in [0.2, 0.25) is 0 Å². The molecule has 0 saturated heterocycles. The molecule has 0 fully saturated rings. The van der Waals surface area contributed by atoms with Crippen molar-refractivity contribution < 1.29 is 19.2 Å². The van der Waals surface area contributed by atoms with Gasteiger partial charge in [0.1, 0.15) is 5.82 Å². The van der Waals surface area contributed by atoms with E-state index in [9.17, 15) is 9.18 Å². The van der Waals surface area contributed by atoms with Crippen molar-refractivity contribution in [3.63, 3.8) is 0 Å². The Morgan fingerprint density at radius 3 is 2.50 bits per heavy atom. The minimum atomic E-state index is -1.98. The molecule has 0 aromatic heterocycles. The van der Waals surface area contributed by atoms with E-state index in [1.807, 2.05) is 0 Å². The van der Waals surface area contributed by atoms with Gasteiger partial charge in [-0.25, -0.2) is 4.39 Å². The molecule has 2 aromatic carbocycles. The molecule has 7 heteroatoms. The second kappa shape index (κ2) is 6.05. The molecular formula is C13H10BClFNO3. The summed E-state index contributed by atoms with van der Waals surface area (Å²) in [5.41, 5.74) is -0.319. The quantitative estimate of drug-likeness (QED) is 0.750. The Morgan fingerprint density at radius 2 is 1.85 bits per heavy atom. The van der Waals surface area contributed by atoms with Crippen LogP contribution in [0.3, 0.4) is 0 Å². The van der Waals surface area contributed by atoms with Gasteiger partial charge in [-0.15, -0.1) is 0 Å². The van der Waals surface area contributed by atoms with Gasteiger partial charge in [-0.05, 0) is 18.2 Å². The summed E-state index contributed by atoms with van der Waals surface area (Å²) in [4.78, 5) is 12.0. The number of carbonyl (C=O) groups excluding carboxylic acids is 1. The molecule has 3 N–H and O–H groups in total. The summed E-state index contributed by atoms with van der Waals surface area (Å²) >= 11 is 5.89. The van der Waals surface area contributed by atoms with Crippen molar-refractivity contribution in [2.24, 2.45) is 0 Å². The first kappa shape index (κ1) is 14.5. The highest BCUT2D eigenvalue weighted by atomic mass is 35.5. The van der Waals surface area contributed by atoms with Crippen LogP contribution in [0.2, 0.25) is 5.02 Å². The Morgan fingerprint density at radius 1 is 1.15 bits per heavy atom. The van der Waals surface area contributed by atoms with E-state index in [0.29, 0.717) is 10.7 Å². The molecule has 0 saturated carbocycles. The van der Waals surface area contributed by atoms with Crippen molar-refractivity contribution in [3.05, 3.63) is 58.9 Å². The van der Waals surface area contributed by atoms with Gasteiger partial charge in [0.15, 0.2) is 0 Å². The summed E-state index contributed by atoms with van der Waals surface area (Å²) in [6.07, 6.45) is 0. The van der Waals surface area contributed by atoms with Crippen LogP contribution in [-0.4, -0.2) is 23.1 Å². The first-order valence-electron chi connectivity index (χ1n) is 5.71. The smallest absolute Gasteiger partial charge is 0.423 e. The molecule has 20 heavy (non-hydrogen) atoms. The lowest BCUT2D eigenvalue weighted by atomic mass is 9.79. The van der Waals surface area contributed by atoms with Gasteiger partial charge in [0.25, 0.3) is 5.91 Å². The van der Waals surface area contributed by atoms with Crippen molar-refractivity contribution in [1.82, 2.24) is 0 Å². The summed E-state index contributed by atoms with van der Waals surface area (Å²) in [6, 6.07) is 10.3. The van der Waals surface area contributed by atoms with Gasteiger partial charge >= 0.3 is 7.12 Å². The van der Waals surface area contributed by atoms with Gasteiger partial charge < -0.3 is 15.4 Å². The first-order valence-corrected chi connectivity index (χ1v) is 6.09. The van der Waals surface area contributed by atoms with Crippen molar-refractivity contribution in [2.75, 3.05) is 5.32 Å². The average Bonchev–Trinajstić information content (AvgIpc) is 2.41. The standard InChI is InChI=1S/C13H10BClFNO3/c15-10-6-1-2-7-11(10)17-13(18)8-4-3-5-9(12(8)16)14(19)20/h1-7,19-20H,(H,17,18). The van der Waals surface area contributed by atoms with E-state index in [4.69, 9.17) is 21.6 Å². The third-order valence-electron chi connectivity index (χ3n) is 2.67. The molecule has 2 aromatic rings. The van der Waals surface area contributed by atoms with E-state index in [0.717, 1.165) is 0 Å². The van der Waals surface area contributed by atoms with Crippen molar-refractivity contribution in [2.45, 2.75) is 0 Å². The number of amides is 1. The van der Waals surface area contributed by atoms with Gasteiger partial charge in [0, 0.05) is 5.46 Å². The SMILES string of the molecule is O=C(Nc1ccccc1Cl)c1cccc(B(O)O)c1F. The Labute approximate surface area is 120 Å². The molecule has 0 unspecified atom stereocenters. The summed E-state index contributed by atoms with van der Waals surface area (Å²) in [7, 11) is -1.98. The Kier molecular flexibility index (Phi) is 4.39. The first-order chi connectivity index (χ1) is 9.50. The number of para-hydroxylation sites is 1. The van der Waals surface area contributed by atoms with Crippen LogP contribution in [-0.2, 0) is 0 Å². The molecule has 0 atom stereocenters. The second-order valence-corrected chi connectivity index (χ2v) is 4.42. The van der Waals surface area contributed by atoms with Crippen molar-refractivity contribution in [1.29, 1.82) is 0 Å². The largest absolute Gasteiger partial charge is 0.491 e. The molecule has 4 nitrogen and oxygen atoms in total. The maximum atomic E-state index is 14.0. The topological polar surface area (TPSA) is 69.6 Å². The van der Waals surface area contributed by atoms with Crippen LogP contribution in [0.1, 0.15) is 10.4 Å². The fourth-order valence-corrected chi connectivity index (χ4v) is 1.86. The number of nitrogens with one attached hydrogen (secondary N) is 1. The van der Waals surface area contributed by atoms with Crippen LogP contribution in [0.5, 0.6) is 0 Å². The molecule has 0 aliphatic carbocycles. The summed E-state index contributed by atoms with van der Waals surface area (Å²) in [6.45, 7) is 0. The van der Waals surface area contributed by atoms with E-state index in [-0.39, 0.29) is 11.0 Å². The molecule has 0 aliphatic heterocycles. The molecular weight excluding hydrogens is 283 g/mol. The molecule has 0 bridgehead atoms. The highest BCUT2D eigenvalue weighted by molar-refractivity contribution is 6.58. The maximum Gasteiger partial charge on any atom is 0.491 e. The molecule has 102 valence electrons. The van der Waals surface area contributed by atoms with Crippen LogP contribution in [0.25, 0.3) is 0 Å². The lowest BCUT2D eigenvalue weighted by Crippen LogP contribution is -2.34. The predicted molar refractivity (Wildman–Crippen MR) is 75.6 cm³/mol. The highest BCUT2D eigenvalue weighted by Gasteiger charge is 2.22. The molecule has 0 radical (unpaired) electrons. The Hall–Kier alpha value is -1.89. The van der Waals surface area contributed by atoms with Gasteiger partial charge in [-0.3, -0.25) is 4.79 Å². The number of hydrogen-bond acceptors (Lipinski definition) is 3. The normalized spacial score (nSPS) is 10.2. The van der Waals surface area contributed by atoms with Crippen LogP contribution in [0, 0.1) is 5.82 Å². The number of halogens is 2. The summed E-state index contributed by atoms with van der Waals surface area (Å²) < 4.78 is 14.0. The monoisotopic (exact) mass is 293 g/mol. The maximum absolute atomic E-state index is 14.0. The molecule has 0 spiro atoms. The zero-order valence-electron chi connectivity index (χ0n) is 10.2. The lowest BCUT2D eigenvalue weighted by molar-refractivity contribution is 0.102. The van der Waals surface area contributed by atoms with E-state index < -0.39 is 18.8 Å².